The van der Waals surface area contributed by atoms with E-state index in [1.807, 2.05) is 30.3 Å². The maximum Gasteiger partial charge on any atom is 0.303 e. The van der Waals surface area contributed by atoms with Gasteiger partial charge in [-0.1, -0.05) is 24.3 Å². The summed E-state index contributed by atoms with van der Waals surface area (Å²) in [6.07, 6.45) is 7.06. The Balaban J connectivity index is 1.32. The Labute approximate surface area is 194 Å². The van der Waals surface area contributed by atoms with E-state index < -0.39 is 5.97 Å². The SMILES string of the molecule is Cc1cc2c(nc1CCCCC(=O)C[C@@H](CC(=O)O)c1cnc3ccccc3c1)NCCC2. The fraction of sp³-hybridized carbons (Fsp3) is 0.407. The number of aliphatic carboxylic acids is 1. The van der Waals surface area contributed by atoms with Gasteiger partial charge in [0, 0.05) is 42.6 Å². The van der Waals surface area contributed by atoms with Gasteiger partial charge >= 0.3 is 5.97 Å². The molecule has 1 aromatic carbocycles. The van der Waals surface area contributed by atoms with Crippen LogP contribution in [-0.2, 0) is 22.4 Å². The summed E-state index contributed by atoms with van der Waals surface area (Å²) >= 11 is 0. The Kier molecular flexibility index (Phi) is 7.33. The van der Waals surface area contributed by atoms with Crippen LogP contribution in [0.1, 0.15) is 66.8 Å². The zero-order chi connectivity index (χ0) is 23.2. The summed E-state index contributed by atoms with van der Waals surface area (Å²) in [5, 5.41) is 13.7. The Bertz CT molecular complexity index is 1160. The molecule has 0 bridgehead atoms. The number of carbonyl (C=O) groups is 2. The van der Waals surface area contributed by atoms with Crippen LogP contribution in [0.4, 0.5) is 5.82 Å². The van der Waals surface area contributed by atoms with Crippen molar-refractivity contribution in [2.24, 2.45) is 0 Å². The molecule has 2 N–H and O–H groups in total. The Hall–Kier alpha value is -3.28. The predicted molar refractivity (Wildman–Crippen MR) is 130 cm³/mol. The van der Waals surface area contributed by atoms with Crippen LogP contribution in [0, 0.1) is 6.92 Å². The molecular weight excluding hydrogens is 414 g/mol. The number of carboxylic acids is 1. The van der Waals surface area contributed by atoms with E-state index in [0.717, 1.165) is 66.6 Å². The maximum atomic E-state index is 12.7. The minimum atomic E-state index is -0.900. The van der Waals surface area contributed by atoms with Crippen molar-refractivity contribution in [3.8, 4) is 0 Å². The number of aromatic nitrogens is 2. The van der Waals surface area contributed by atoms with Crippen LogP contribution in [0.2, 0.25) is 0 Å². The smallest absolute Gasteiger partial charge is 0.303 e. The van der Waals surface area contributed by atoms with E-state index >= 15 is 0 Å². The molecule has 3 aromatic rings. The number of carbonyl (C=O) groups excluding carboxylic acids is 1. The first-order valence-corrected chi connectivity index (χ1v) is 11.8. The molecule has 1 aliphatic heterocycles. The molecule has 6 nitrogen and oxygen atoms in total. The lowest BCUT2D eigenvalue weighted by Crippen LogP contribution is -2.15. The number of pyridine rings is 2. The van der Waals surface area contributed by atoms with Gasteiger partial charge in [0.05, 0.1) is 11.9 Å². The van der Waals surface area contributed by atoms with E-state index in [9.17, 15) is 14.7 Å². The van der Waals surface area contributed by atoms with E-state index in [4.69, 9.17) is 4.98 Å². The molecular formula is C27H31N3O3. The van der Waals surface area contributed by atoms with E-state index in [2.05, 4.69) is 23.3 Å². The standard InChI is InChI=1S/C27H31N3O3/c1-18-13-20-8-6-12-28-27(20)30-24(18)10-5-3-9-23(31)15-21(16-26(32)33)22-14-19-7-2-4-11-25(19)29-17-22/h2,4,7,11,13-14,17,21H,3,5-6,8-10,12,15-16H2,1H3,(H,28,30)(H,32,33)/t21-/m0/s1. The second-order valence-electron chi connectivity index (χ2n) is 9.00. The number of unbranched alkanes of at least 4 members (excludes halogenated alkanes) is 1. The van der Waals surface area contributed by atoms with Crippen molar-refractivity contribution in [1.29, 1.82) is 0 Å². The first-order chi connectivity index (χ1) is 16.0. The van der Waals surface area contributed by atoms with Crippen LogP contribution in [-0.4, -0.2) is 33.4 Å². The molecule has 0 saturated carbocycles. The lowest BCUT2D eigenvalue weighted by Gasteiger charge is -2.19. The molecule has 0 saturated heterocycles. The van der Waals surface area contributed by atoms with Gasteiger partial charge < -0.3 is 10.4 Å². The van der Waals surface area contributed by atoms with Gasteiger partial charge in [0.15, 0.2) is 0 Å². The Morgan fingerprint density at radius 1 is 1.15 bits per heavy atom. The number of hydrogen-bond acceptors (Lipinski definition) is 5. The van der Waals surface area contributed by atoms with Crippen LogP contribution in [0.5, 0.6) is 0 Å². The summed E-state index contributed by atoms with van der Waals surface area (Å²) in [4.78, 5) is 33.4. The van der Waals surface area contributed by atoms with Crippen molar-refractivity contribution in [2.75, 3.05) is 11.9 Å². The number of nitrogens with zero attached hydrogens (tertiary/aromatic N) is 2. The van der Waals surface area contributed by atoms with E-state index in [1.54, 1.807) is 6.20 Å². The minimum absolute atomic E-state index is 0.0724. The van der Waals surface area contributed by atoms with Crippen molar-refractivity contribution >= 4 is 28.5 Å². The summed E-state index contributed by atoms with van der Waals surface area (Å²) in [5.74, 6) is -0.143. The zero-order valence-electron chi connectivity index (χ0n) is 19.1. The highest BCUT2D eigenvalue weighted by molar-refractivity contribution is 5.82. The monoisotopic (exact) mass is 445 g/mol. The summed E-state index contributed by atoms with van der Waals surface area (Å²) < 4.78 is 0. The van der Waals surface area contributed by atoms with Gasteiger partial charge in [-0.15, -0.1) is 0 Å². The number of carboxylic acid groups (broad SMARTS) is 1. The van der Waals surface area contributed by atoms with Crippen LogP contribution < -0.4 is 5.32 Å². The highest BCUT2D eigenvalue weighted by Gasteiger charge is 2.20. The number of anilines is 1. The number of aryl methyl sites for hydroxylation is 3. The molecule has 1 atom stereocenters. The van der Waals surface area contributed by atoms with Gasteiger partial charge in [-0.2, -0.15) is 0 Å². The largest absolute Gasteiger partial charge is 0.481 e. The minimum Gasteiger partial charge on any atom is -0.481 e. The molecule has 172 valence electrons. The van der Waals surface area contributed by atoms with Crippen molar-refractivity contribution in [1.82, 2.24) is 9.97 Å². The number of Topliss-reactive ketones (excluding diaryl/α,β-unsaturated/α-hetero) is 1. The zero-order valence-corrected chi connectivity index (χ0v) is 19.1. The quantitative estimate of drug-likeness (QED) is 0.415. The molecule has 3 heterocycles. The van der Waals surface area contributed by atoms with Crippen molar-refractivity contribution in [2.45, 2.75) is 64.2 Å². The number of ketones is 1. The number of rotatable bonds is 10. The van der Waals surface area contributed by atoms with Crippen LogP contribution in [0.3, 0.4) is 0 Å². The van der Waals surface area contributed by atoms with Gasteiger partial charge in [-0.25, -0.2) is 4.98 Å². The fourth-order valence-electron chi connectivity index (χ4n) is 4.61. The van der Waals surface area contributed by atoms with Gasteiger partial charge in [0.2, 0.25) is 0 Å². The molecule has 0 amide bonds. The number of hydrogen-bond donors (Lipinski definition) is 2. The van der Waals surface area contributed by atoms with E-state index in [1.165, 1.54) is 11.1 Å². The molecule has 0 aliphatic carbocycles. The molecule has 1 aliphatic rings. The van der Waals surface area contributed by atoms with Crippen molar-refractivity contribution in [3.63, 3.8) is 0 Å². The highest BCUT2D eigenvalue weighted by Crippen LogP contribution is 2.27. The first kappa shape index (κ1) is 22.9. The van der Waals surface area contributed by atoms with Crippen molar-refractivity contribution in [3.05, 3.63) is 65.0 Å². The molecule has 33 heavy (non-hydrogen) atoms. The lowest BCUT2D eigenvalue weighted by molar-refractivity contribution is -0.137. The second-order valence-corrected chi connectivity index (χ2v) is 9.00. The third kappa shape index (κ3) is 5.95. The highest BCUT2D eigenvalue weighted by atomic mass is 16.4. The lowest BCUT2D eigenvalue weighted by atomic mass is 9.89. The molecule has 0 radical (unpaired) electrons. The average Bonchev–Trinajstić information content (AvgIpc) is 2.81. The van der Waals surface area contributed by atoms with Crippen LogP contribution in [0.25, 0.3) is 10.9 Å². The van der Waals surface area contributed by atoms with Crippen molar-refractivity contribution < 1.29 is 14.7 Å². The summed E-state index contributed by atoms with van der Waals surface area (Å²) in [6, 6.07) is 11.9. The van der Waals surface area contributed by atoms with Gasteiger partial charge in [0.1, 0.15) is 11.6 Å². The molecule has 0 spiro atoms. The molecule has 0 fully saturated rings. The normalized spacial score (nSPS) is 13.8. The van der Waals surface area contributed by atoms with Crippen LogP contribution in [0.15, 0.2) is 42.6 Å². The summed E-state index contributed by atoms with van der Waals surface area (Å²) in [6.45, 7) is 3.08. The van der Waals surface area contributed by atoms with Gasteiger partial charge in [0.25, 0.3) is 0 Å². The Morgan fingerprint density at radius 3 is 2.85 bits per heavy atom. The third-order valence-corrected chi connectivity index (χ3v) is 6.41. The Morgan fingerprint density at radius 2 is 2.00 bits per heavy atom. The van der Waals surface area contributed by atoms with E-state index in [0.29, 0.717) is 6.42 Å². The molecule has 0 unspecified atom stereocenters. The van der Waals surface area contributed by atoms with Crippen LogP contribution >= 0.6 is 0 Å². The third-order valence-electron chi connectivity index (χ3n) is 6.41. The molecule has 6 heteroatoms. The molecule has 4 rings (SSSR count). The number of fused-ring (bicyclic) bond motifs is 2. The summed E-state index contributed by atoms with van der Waals surface area (Å²) in [7, 11) is 0. The second kappa shape index (κ2) is 10.6. The number of para-hydroxylation sites is 1. The van der Waals surface area contributed by atoms with Gasteiger partial charge in [-0.3, -0.25) is 14.6 Å². The number of benzene rings is 1. The summed E-state index contributed by atoms with van der Waals surface area (Å²) in [5.41, 5.74) is 5.29. The molecule has 2 aromatic heterocycles. The average molecular weight is 446 g/mol. The van der Waals surface area contributed by atoms with Gasteiger partial charge in [-0.05, 0) is 67.9 Å². The number of nitrogens with one attached hydrogen (secondary N) is 1. The topological polar surface area (TPSA) is 92.2 Å². The van der Waals surface area contributed by atoms with E-state index in [-0.39, 0.29) is 24.5 Å². The maximum absolute atomic E-state index is 12.7. The fourth-order valence-corrected chi connectivity index (χ4v) is 4.61. The first-order valence-electron chi connectivity index (χ1n) is 11.8. The predicted octanol–water partition coefficient (Wildman–Crippen LogP) is 5.23.